The normalized spacial score (nSPS) is 10.4. The van der Waals surface area contributed by atoms with Crippen molar-refractivity contribution in [1.29, 1.82) is 0 Å². The number of carbonyl (C=O) groups is 2. The van der Waals surface area contributed by atoms with Crippen LogP contribution in [0, 0.1) is 6.92 Å². The summed E-state index contributed by atoms with van der Waals surface area (Å²) in [6.07, 6.45) is 0.108. The lowest BCUT2D eigenvalue weighted by Gasteiger charge is -2.12. The van der Waals surface area contributed by atoms with Crippen LogP contribution in [0.4, 0.5) is 10.8 Å². The van der Waals surface area contributed by atoms with E-state index in [1.165, 1.54) is 11.3 Å². The molecule has 3 rings (SSSR count). The number of benzene rings is 2. The van der Waals surface area contributed by atoms with E-state index in [9.17, 15) is 9.59 Å². The summed E-state index contributed by atoms with van der Waals surface area (Å²) in [5.41, 5.74) is 2.83. The summed E-state index contributed by atoms with van der Waals surface area (Å²) in [6.45, 7) is 4.38. The van der Waals surface area contributed by atoms with Crippen LogP contribution in [-0.2, 0) is 11.2 Å². The van der Waals surface area contributed by atoms with Crippen molar-refractivity contribution in [3.63, 3.8) is 0 Å². The van der Waals surface area contributed by atoms with E-state index in [1.54, 1.807) is 29.6 Å². The summed E-state index contributed by atoms with van der Waals surface area (Å²) in [5.74, 6) is 0.216. The molecule has 0 fully saturated rings. The molecule has 6 nitrogen and oxygen atoms in total. The molecule has 28 heavy (non-hydrogen) atoms. The van der Waals surface area contributed by atoms with Crippen molar-refractivity contribution in [3.05, 3.63) is 70.7 Å². The first-order chi connectivity index (χ1) is 13.5. The predicted molar refractivity (Wildman–Crippen MR) is 111 cm³/mol. The Kier molecular flexibility index (Phi) is 6.39. The maximum atomic E-state index is 12.4. The van der Waals surface area contributed by atoms with Gasteiger partial charge in [0.1, 0.15) is 5.75 Å². The number of amides is 2. The molecule has 0 aliphatic rings. The number of aryl methyl sites for hydroxylation is 1. The lowest BCUT2D eigenvalue weighted by atomic mass is 10.2. The summed E-state index contributed by atoms with van der Waals surface area (Å²) in [5, 5.41) is 7.83. The van der Waals surface area contributed by atoms with Crippen molar-refractivity contribution in [2.24, 2.45) is 0 Å². The van der Waals surface area contributed by atoms with Crippen LogP contribution in [0.5, 0.6) is 5.75 Å². The number of carbonyl (C=O) groups excluding carboxylic acids is 2. The molecular weight excluding hydrogens is 374 g/mol. The molecule has 3 aromatic rings. The van der Waals surface area contributed by atoms with Crippen molar-refractivity contribution in [3.8, 4) is 5.75 Å². The molecule has 1 aromatic heterocycles. The minimum absolute atomic E-state index is 0.108. The van der Waals surface area contributed by atoms with E-state index in [2.05, 4.69) is 15.6 Å². The highest BCUT2D eigenvalue weighted by atomic mass is 32.1. The minimum Gasteiger partial charge on any atom is -0.492 e. The van der Waals surface area contributed by atoms with Crippen molar-refractivity contribution < 1.29 is 14.3 Å². The second-order valence-corrected chi connectivity index (χ2v) is 6.98. The van der Waals surface area contributed by atoms with Gasteiger partial charge in [0.15, 0.2) is 5.13 Å². The van der Waals surface area contributed by atoms with Gasteiger partial charge in [-0.05, 0) is 43.7 Å². The van der Waals surface area contributed by atoms with E-state index in [-0.39, 0.29) is 18.2 Å². The van der Waals surface area contributed by atoms with Gasteiger partial charge in [0, 0.05) is 10.9 Å². The van der Waals surface area contributed by atoms with E-state index in [1.807, 2.05) is 38.1 Å². The van der Waals surface area contributed by atoms with Crippen LogP contribution in [-0.4, -0.2) is 23.4 Å². The first-order valence-corrected chi connectivity index (χ1v) is 9.77. The average molecular weight is 395 g/mol. The monoisotopic (exact) mass is 395 g/mol. The molecule has 0 bridgehead atoms. The Labute approximate surface area is 167 Å². The molecule has 0 unspecified atom stereocenters. The maximum Gasteiger partial charge on any atom is 0.257 e. The highest BCUT2D eigenvalue weighted by molar-refractivity contribution is 7.14. The van der Waals surface area contributed by atoms with Crippen molar-refractivity contribution in [2.75, 3.05) is 17.2 Å². The molecule has 1 heterocycles. The molecule has 0 saturated carbocycles. The fraction of sp³-hybridized carbons (Fsp3) is 0.190. The molecular formula is C21H21N3O3S. The summed E-state index contributed by atoms with van der Waals surface area (Å²) in [7, 11) is 0. The standard InChI is InChI=1S/C21H21N3O3S/c1-3-27-18-11-14(2)9-10-17(18)23-19(25)12-16-13-28-21(22-16)24-20(26)15-7-5-4-6-8-15/h4-11,13H,3,12H2,1-2H3,(H,23,25)(H,22,24,26). The second kappa shape index (κ2) is 9.14. The largest absolute Gasteiger partial charge is 0.492 e. The van der Waals surface area contributed by atoms with Crippen LogP contribution in [0.2, 0.25) is 0 Å². The molecule has 0 radical (unpaired) electrons. The maximum absolute atomic E-state index is 12.4. The zero-order valence-corrected chi connectivity index (χ0v) is 16.5. The Morgan fingerprint density at radius 1 is 1.11 bits per heavy atom. The number of nitrogens with zero attached hydrogens (tertiary/aromatic N) is 1. The highest BCUT2D eigenvalue weighted by Crippen LogP contribution is 2.26. The lowest BCUT2D eigenvalue weighted by molar-refractivity contribution is -0.115. The minimum atomic E-state index is -0.230. The van der Waals surface area contributed by atoms with Gasteiger partial charge in [0.2, 0.25) is 5.91 Å². The van der Waals surface area contributed by atoms with Gasteiger partial charge in [0.25, 0.3) is 5.91 Å². The number of aromatic nitrogens is 1. The smallest absolute Gasteiger partial charge is 0.257 e. The van der Waals surface area contributed by atoms with Crippen molar-refractivity contribution >= 4 is 34.0 Å². The Morgan fingerprint density at radius 3 is 2.64 bits per heavy atom. The first-order valence-electron chi connectivity index (χ1n) is 8.89. The molecule has 2 N–H and O–H groups in total. The van der Waals surface area contributed by atoms with Crippen molar-refractivity contribution in [1.82, 2.24) is 4.98 Å². The van der Waals surface area contributed by atoms with Gasteiger partial charge in [0.05, 0.1) is 24.4 Å². The van der Waals surface area contributed by atoms with E-state index in [0.717, 1.165) is 5.56 Å². The zero-order chi connectivity index (χ0) is 19.9. The molecule has 0 spiro atoms. The quantitative estimate of drug-likeness (QED) is 0.626. The molecule has 0 aliphatic heterocycles. The summed E-state index contributed by atoms with van der Waals surface area (Å²) in [6, 6.07) is 14.5. The van der Waals surface area contributed by atoms with Crippen LogP contribution in [0.15, 0.2) is 53.9 Å². The summed E-state index contributed by atoms with van der Waals surface area (Å²) >= 11 is 1.29. The number of nitrogens with one attached hydrogen (secondary N) is 2. The van der Waals surface area contributed by atoms with Gasteiger partial charge in [-0.2, -0.15) is 0 Å². The highest BCUT2D eigenvalue weighted by Gasteiger charge is 2.13. The second-order valence-electron chi connectivity index (χ2n) is 6.12. The predicted octanol–water partition coefficient (Wildman–Crippen LogP) is 4.28. The molecule has 0 saturated heterocycles. The third-order valence-corrected chi connectivity index (χ3v) is 4.67. The molecule has 7 heteroatoms. The van der Waals surface area contributed by atoms with Gasteiger partial charge >= 0.3 is 0 Å². The van der Waals surface area contributed by atoms with Crippen LogP contribution >= 0.6 is 11.3 Å². The van der Waals surface area contributed by atoms with E-state index in [4.69, 9.17) is 4.74 Å². The summed E-state index contributed by atoms with van der Waals surface area (Å²) in [4.78, 5) is 28.9. The molecule has 2 aromatic carbocycles. The van der Waals surface area contributed by atoms with Crippen LogP contribution in [0.25, 0.3) is 0 Å². The summed E-state index contributed by atoms with van der Waals surface area (Å²) < 4.78 is 5.58. The van der Waals surface area contributed by atoms with Gasteiger partial charge in [-0.25, -0.2) is 4.98 Å². The van der Waals surface area contributed by atoms with Gasteiger partial charge < -0.3 is 10.1 Å². The molecule has 0 aliphatic carbocycles. The van der Waals surface area contributed by atoms with E-state index in [0.29, 0.717) is 34.4 Å². The Hall–Kier alpha value is -3.19. The number of thiazole rings is 1. The van der Waals surface area contributed by atoms with Crippen LogP contribution in [0.3, 0.4) is 0 Å². The SMILES string of the molecule is CCOc1cc(C)ccc1NC(=O)Cc1csc(NC(=O)c2ccccc2)n1. The fourth-order valence-corrected chi connectivity index (χ4v) is 3.28. The van der Waals surface area contributed by atoms with E-state index >= 15 is 0 Å². The average Bonchev–Trinajstić information content (AvgIpc) is 3.11. The molecule has 2 amide bonds. The van der Waals surface area contributed by atoms with Crippen LogP contribution < -0.4 is 15.4 Å². The number of hydrogen-bond acceptors (Lipinski definition) is 5. The topological polar surface area (TPSA) is 80.3 Å². The number of hydrogen-bond donors (Lipinski definition) is 2. The van der Waals surface area contributed by atoms with Gasteiger partial charge in [-0.3, -0.25) is 14.9 Å². The number of anilines is 2. The van der Waals surface area contributed by atoms with Crippen molar-refractivity contribution in [2.45, 2.75) is 20.3 Å². The third-order valence-electron chi connectivity index (χ3n) is 3.86. The first kappa shape index (κ1) is 19.6. The zero-order valence-electron chi connectivity index (χ0n) is 15.7. The van der Waals surface area contributed by atoms with Gasteiger partial charge in [-0.1, -0.05) is 24.3 Å². The Balaban J connectivity index is 1.61. The lowest BCUT2D eigenvalue weighted by Crippen LogP contribution is -2.16. The fourth-order valence-electron chi connectivity index (χ4n) is 2.57. The number of ether oxygens (including phenoxy) is 1. The number of rotatable bonds is 7. The molecule has 144 valence electrons. The van der Waals surface area contributed by atoms with E-state index < -0.39 is 0 Å². The Morgan fingerprint density at radius 2 is 1.89 bits per heavy atom. The van der Waals surface area contributed by atoms with Crippen LogP contribution in [0.1, 0.15) is 28.5 Å². The van der Waals surface area contributed by atoms with Gasteiger partial charge in [-0.15, -0.1) is 11.3 Å². The Bertz CT molecular complexity index is 970. The third kappa shape index (κ3) is 5.17. The molecule has 0 atom stereocenters.